The van der Waals surface area contributed by atoms with Crippen LogP contribution in [-0.4, -0.2) is 39.9 Å². The summed E-state index contributed by atoms with van der Waals surface area (Å²) >= 11 is 5.85. The average molecular weight is 561 g/mol. The number of benzene rings is 2. The Kier molecular flexibility index (Phi) is 6.92. The van der Waals surface area contributed by atoms with E-state index in [0.29, 0.717) is 34.1 Å². The SMILES string of the molecule is CC1(C)CN(Cc2ccc(-c3cc(Cl)on3)cc2)CCC1c1ccc2ncc(C3CCC(=O)NC3=O)cc2c1F. The van der Waals surface area contributed by atoms with Crippen molar-refractivity contribution in [2.24, 2.45) is 5.41 Å². The number of nitrogens with zero attached hydrogens (tertiary/aromatic N) is 3. The third-order valence-corrected chi connectivity index (χ3v) is 8.49. The molecule has 7 nitrogen and oxygen atoms in total. The number of rotatable bonds is 5. The quantitative estimate of drug-likeness (QED) is 0.292. The molecule has 2 aromatic carbocycles. The lowest BCUT2D eigenvalue weighted by molar-refractivity contribution is -0.134. The number of halogens is 2. The molecular weight excluding hydrogens is 531 g/mol. The maximum atomic E-state index is 16.1. The normalized spacial score (nSPS) is 21.5. The monoisotopic (exact) mass is 560 g/mol. The molecule has 4 heterocycles. The highest BCUT2D eigenvalue weighted by molar-refractivity contribution is 6.29. The van der Waals surface area contributed by atoms with Gasteiger partial charge in [-0.25, -0.2) is 4.39 Å². The summed E-state index contributed by atoms with van der Waals surface area (Å²) < 4.78 is 21.1. The van der Waals surface area contributed by atoms with Gasteiger partial charge in [0.25, 0.3) is 0 Å². The van der Waals surface area contributed by atoms with Crippen molar-refractivity contribution < 1.29 is 18.5 Å². The van der Waals surface area contributed by atoms with Gasteiger partial charge in [0, 0.05) is 42.7 Å². The Labute approximate surface area is 236 Å². The smallest absolute Gasteiger partial charge is 0.234 e. The Bertz CT molecular complexity index is 1600. The maximum absolute atomic E-state index is 16.1. The summed E-state index contributed by atoms with van der Waals surface area (Å²) in [5, 5.41) is 7.03. The van der Waals surface area contributed by atoms with E-state index in [1.807, 2.05) is 24.3 Å². The van der Waals surface area contributed by atoms with Gasteiger partial charge < -0.3 is 4.52 Å². The van der Waals surface area contributed by atoms with E-state index in [-0.39, 0.29) is 40.6 Å². The molecule has 40 heavy (non-hydrogen) atoms. The van der Waals surface area contributed by atoms with E-state index < -0.39 is 5.92 Å². The molecule has 4 aromatic rings. The fourth-order valence-electron chi connectivity index (χ4n) is 6.28. The molecule has 2 saturated heterocycles. The van der Waals surface area contributed by atoms with Crippen molar-refractivity contribution in [3.8, 4) is 11.3 Å². The van der Waals surface area contributed by atoms with Gasteiger partial charge in [0.1, 0.15) is 11.5 Å². The van der Waals surface area contributed by atoms with E-state index in [0.717, 1.165) is 31.6 Å². The standard InChI is InChI=1S/C31H30ClFN4O3/c1-31(2)17-37(16-18-3-5-19(6-4-18)26-14-27(32)40-36-26)12-11-24(31)22-7-9-25-23(29(22)33)13-20(15-34-25)21-8-10-28(38)35-30(21)39/h3-7,9,13-15,21,24H,8,10-12,16-17H2,1-2H3,(H,35,38,39). The number of carbonyl (C=O) groups excluding carboxylic acids is 2. The van der Waals surface area contributed by atoms with Gasteiger partial charge in [-0.3, -0.25) is 24.8 Å². The summed E-state index contributed by atoms with van der Waals surface area (Å²) in [5.41, 5.74) is 4.56. The highest BCUT2D eigenvalue weighted by atomic mass is 35.5. The third kappa shape index (κ3) is 5.13. The lowest BCUT2D eigenvalue weighted by Gasteiger charge is -2.45. The number of nitrogens with one attached hydrogen (secondary N) is 1. The molecule has 6 rings (SSSR count). The second-order valence-electron chi connectivity index (χ2n) is 11.6. The lowest BCUT2D eigenvalue weighted by Crippen LogP contribution is -2.44. The lowest BCUT2D eigenvalue weighted by atomic mass is 9.70. The van der Waals surface area contributed by atoms with Gasteiger partial charge in [-0.1, -0.05) is 49.3 Å². The highest BCUT2D eigenvalue weighted by Crippen LogP contribution is 2.44. The molecule has 1 N–H and O–H groups in total. The van der Waals surface area contributed by atoms with Crippen LogP contribution in [0.1, 0.15) is 61.6 Å². The van der Waals surface area contributed by atoms with E-state index >= 15 is 4.39 Å². The molecule has 206 valence electrons. The zero-order valence-corrected chi connectivity index (χ0v) is 23.2. The zero-order chi connectivity index (χ0) is 28.0. The second kappa shape index (κ2) is 10.4. The number of piperidine rings is 2. The van der Waals surface area contributed by atoms with Gasteiger partial charge >= 0.3 is 0 Å². The molecule has 2 aromatic heterocycles. The van der Waals surface area contributed by atoms with Crippen molar-refractivity contribution in [3.63, 3.8) is 0 Å². The number of hydrogen-bond donors (Lipinski definition) is 1. The molecule has 2 amide bonds. The van der Waals surface area contributed by atoms with Crippen LogP contribution in [0.4, 0.5) is 4.39 Å². The molecule has 2 atom stereocenters. The molecule has 0 spiro atoms. The summed E-state index contributed by atoms with van der Waals surface area (Å²) in [6, 6.07) is 15.4. The van der Waals surface area contributed by atoms with E-state index in [2.05, 4.69) is 46.3 Å². The summed E-state index contributed by atoms with van der Waals surface area (Å²) in [7, 11) is 0. The van der Waals surface area contributed by atoms with Crippen LogP contribution in [0.2, 0.25) is 5.22 Å². The molecule has 0 saturated carbocycles. The van der Waals surface area contributed by atoms with E-state index in [1.165, 1.54) is 5.56 Å². The minimum Gasteiger partial charge on any atom is -0.344 e. The van der Waals surface area contributed by atoms with Crippen LogP contribution in [0.25, 0.3) is 22.2 Å². The minimum absolute atomic E-state index is 0.0340. The number of imide groups is 1. The van der Waals surface area contributed by atoms with Crippen LogP contribution in [0.3, 0.4) is 0 Å². The van der Waals surface area contributed by atoms with Crippen molar-refractivity contribution in [2.75, 3.05) is 13.1 Å². The van der Waals surface area contributed by atoms with Gasteiger partial charge in [0.2, 0.25) is 17.0 Å². The topological polar surface area (TPSA) is 88.3 Å². The largest absolute Gasteiger partial charge is 0.344 e. The molecule has 0 aliphatic carbocycles. The molecule has 2 aliphatic rings. The van der Waals surface area contributed by atoms with Crippen molar-refractivity contribution in [1.82, 2.24) is 20.4 Å². The molecule has 2 fully saturated rings. The Hall–Kier alpha value is -3.62. The van der Waals surface area contributed by atoms with E-state index in [9.17, 15) is 9.59 Å². The Morgan fingerprint density at radius 2 is 1.93 bits per heavy atom. The molecule has 0 bridgehead atoms. The van der Waals surface area contributed by atoms with Gasteiger partial charge in [-0.2, -0.15) is 0 Å². The van der Waals surface area contributed by atoms with Crippen LogP contribution in [0.5, 0.6) is 0 Å². The van der Waals surface area contributed by atoms with Crippen LogP contribution in [0, 0.1) is 11.2 Å². The first kappa shape index (κ1) is 26.6. The average Bonchev–Trinajstić information content (AvgIpc) is 3.36. The fourth-order valence-corrected chi connectivity index (χ4v) is 6.41. The number of fused-ring (bicyclic) bond motifs is 1. The first-order valence-corrected chi connectivity index (χ1v) is 13.9. The molecule has 2 unspecified atom stereocenters. The second-order valence-corrected chi connectivity index (χ2v) is 11.9. The van der Waals surface area contributed by atoms with Gasteiger partial charge in [0.05, 0.1) is 11.4 Å². The summed E-state index contributed by atoms with van der Waals surface area (Å²) in [6.45, 7) is 6.87. The fraction of sp³-hybridized carbons (Fsp3) is 0.355. The van der Waals surface area contributed by atoms with Gasteiger partial charge in [-0.15, -0.1) is 0 Å². The Balaban J connectivity index is 1.19. The highest BCUT2D eigenvalue weighted by Gasteiger charge is 2.38. The first-order chi connectivity index (χ1) is 19.2. The predicted molar refractivity (Wildman–Crippen MR) is 150 cm³/mol. The number of amides is 2. The number of carbonyl (C=O) groups is 2. The summed E-state index contributed by atoms with van der Waals surface area (Å²) in [4.78, 5) is 30.8. The molecule has 2 aliphatic heterocycles. The van der Waals surface area contributed by atoms with Crippen molar-refractivity contribution >= 4 is 34.3 Å². The number of aromatic nitrogens is 2. The molecule has 0 radical (unpaired) electrons. The van der Waals surface area contributed by atoms with Crippen LogP contribution < -0.4 is 5.32 Å². The summed E-state index contributed by atoms with van der Waals surface area (Å²) in [6.07, 6.45) is 3.12. The molecule has 9 heteroatoms. The van der Waals surface area contributed by atoms with Crippen LogP contribution in [-0.2, 0) is 16.1 Å². The number of pyridine rings is 1. The Morgan fingerprint density at radius 3 is 2.62 bits per heavy atom. The van der Waals surface area contributed by atoms with E-state index in [1.54, 1.807) is 18.3 Å². The van der Waals surface area contributed by atoms with Crippen LogP contribution in [0.15, 0.2) is 59.3 Å². The van der Waals surface area contributed by atoms with Crippen molar-refractivity contribution in [2.45, 2.75) is 51.5 Å². The van der Waals surface area contributed by atoms with Crippen molar-refractivity contribution in [1.29, 1.82) is 0 Å². The first-order valence-electron chi connectivity index (χ1n) is 13.5. The summed E-state index contributed by atoms with van der Waals surface area (Å²) in [5.74, 6) is -1.35. The van der Waals surface area contributed by atoms with Crippen molar-refractivity contribution in [3.05, 3.63) is 82.5 Å². The third-order valence-electron chi connectivity index (χ3n) is 8.31. The molecular formula is C31H30ClFN4O3. The zero-order valence-electron chi connectivity index (χ0n) is 22.4. The van der Waals surface area contributed by atoms with Crippen LogP contribution >= 0.6 is 11.6 Å². The predicted octanol–water partition coefficient (Wildman–Crippen LogP) is 6.22. The Morgan fingerprint density at radius 1 is 1.12 bits per heavy atom. The maximum Gasteiger partial charge on any atom is 0.234 e. The number of likely N-dealkylation sites (tertiary alicyclic amines) is 1. The van der Waals surface area contributed by atoms with Gasteiger partial charge in [-0.05, 0) is 71.1 Å². The van der Waals surface area contributed by atoms with Gasteiger partial charge in [0.15, 0.2) is 0 Å². The minimum atomic E-state index is -0.500. The van der Waals surface area contributed by atoms with E-state index in [4.69, 9.17) is 16.1 Å². The number of hydrogen-bond acceptors (Lipinski definition) is 6.